The number of hydrogen-bond acceptors (Lipinski definition) is 16. The molecule has 16 heteroatoms. The molecule has 0 saturated carbocycles. The molecule has 43 heavy (non-hydrogen) atoms. The van der Waals surface area contributed by atoms with E-state index in [2.05, 4.69) is 0 Å². The maximum absolute atomic E-state index is 13.9. The maximum Gasteiger partial charge on any atom is 0.219 e. The molecular formula is C27H32O16. The van der Waals surface area contributed by atoms with Crippen LogP contribution in [0.3, 0.4) is 0 Å². The maximum atomic E-state index is 13.9. The lowest BCUT2D eigenvalue weighted by molar-refractivity contribution is -0.261. The van der Waals surface area contributed by atoms with Gasteiger partial charge in [-0.25, -0.2) is 0 Å². The summed E-state index contributed by atoms with van der Waals surface area (Å²) in [4.78, 5) is 27.6. The Labute approximate surface area is 242 Å². The van der Waals surface area contributed by atoms with Crippen molar-refractivity contribution < 1.29 is 80.3 Å². The van der Waals surface area contributed by atoms with Gasteiger partial charge in [-0.05, 0) is 23.8 Å². The third kappa shape index (κ3) is 5.47. The van der Waals surface area contributed by atoms with Crippen LogP contribution in [0.2, 0.25) is 0 Å². The molecule has 236 valence electrons. The molecule has 4 rings (SSSR count). The van der Waals surface area contributed by atoms with Gasteiger partial charge in [-0.15, -0.1) is 0 Å². The van der Waals surface area contributed by atoms with Crippen LogP contribution in [0, 0.1) is 0 Å². The summed E-state index contributed by atoms with van der Waals surface area (Å²) in [6.07, 6.45) is -18.7. The number of aliphatic hydroxyl groups excluding tert-OH is 10. The number of hydrogen-bond donors (Lipinski definition) is 12. The number of carbonyl (C=O) groups excluding carboxylic acids is 2. The number of benzene rings is 1. The SMILES string of the molecule is O=C1C(=C(O)C=Cc2ccc(O)cc2)C(O)=C([C@H]2O[C@@H](CO)[C@@H](O)[C@@H](O)[C@@H]2O)C(=O)[C@@]1(O)[C@H]1O[C@@H](CO)[C@@H](O)[C@@H](O)[C@@H]1O. The molecule has 2 fully saturated rings. The fourth-order valence-electron chi connectivity index (χ4n) is 5.24. The van der Waals surface area contributed by atoms with E-state index in [1.165, 1.54) is 30.3 Å². The Morgan fingerprint density at radius 2 is 1.30 bits per heavy atom. The van der Waals surface area contributed by atoms with Gasteiger partial charge in [0.1, 0.15) is 83.9 Å². The minimum Gasteiger partial charge on any atom is -0.508 e. The lowest BCUT2D eigenvalue weighted by atomic mass is 9.69. The van der Waals surface area contributed by atoms with Gasteiger partial charge in [0, 0.05) is 0 Å². The monoisotopic (exact) mass is 612 g/mol. The number of phenols is 1. The number of ether oxygens (including phenoxy) is 2. The number of aromatic hydroxyl groups is 1. The first-order valence-electron chi connectivity index (χ1n) is 13.0. The van der Waals surface area contributed by atoms with E-state index in [0.717, 1.165) is 6.08 Å². The normalized spacial score (nSPS) is 40.3. The van der Waals surface area contributed by atoms with E-state index in [-0.39, 0.29) is 5.75 Å². The zero-order valence-corrected chi connectivity index (χ0v) is 22.2. The number of allylic oxidation sites excluding steroid dienone is 2. The van der Waals surface area contributed by atoms with Crippen molar-refractivity contribution in [3.8, 4) is 5.75 Å². The van der Waals surface area contributed by atoms with Gasteiger partial charge < -0.3 is 70.8 Å². The van der Waals surface area contributed by atoms with Crippen molar-refractivity contribution in [3.05, 3.63) is 58.6 Å². The summed E-state index contributed by atoms with van der Waals surface area (Å²) in [6.45, 7) is -1.99. The number of carbonyl (C=O) groups is 2. The van der Waals surface area contributed by atoms with Gasteiger partial charge in [0.2, 0.25) is 17.2 Å². The molecule has 0 radical (unpaired) electrons. The Kier molecular flexibility index (Phi) is 9.41. The summed E-state index contributed by atoms with van der Waals surface area (Å²) in [5.74, 6) is -6.12. The zero-order chi connectivity index (χ0) is 32.0. The first kappa shape index (κ1) is 32.6. The quantitative estimate of drug-likeness (QED) is 0.0820. The van der Waals surface area contributed by atoms with E-state index >= 15 is 0 Å². The van der Waals surface area contributed by atoms with Gasteiger partial charge in [-0.2, -0.15) is 0 Å². The number of phenolic OH excluding ortho intramolecular Hbond substituents is 1. The average molecular weight is 613 g/mol. The smallest absolute Gasteiger partial charge is 0.219 e. The van der Waals surface area contributed by atoms with Crippen LogP contribution in [0.25, 0.3) is 6.08 Å². The number of ketones is 2. The lowest BCUT2D eigenvalue weighted by Crippen LogP contribution is -2.72. The molecular weight excluding hydrogens is 580 g/mol. The fourth-order valence-corrected chi connectivity index (χ4v) is 5.24. The van der Waals surface area contributed by atoms with E-state index in [1.807, 2.05) is 0 Å². The van der Waals surface area contributed by atoms with Crippen LogP contribution in [-0.4, -0.2) is 153 Å². The van der Waals surface area contributed by atoms with Crippen LogP contribution in [0.15, 0.2) is 53.0 Å². The van der Waals surface area contributed by atoms with Crippen molar-refractivity contribution in [1.29, 1.82) is 0 Å². The molecule has 1 aromatic carbocycles. The van der Waals surface area contributed by atoms with Gasteiger partial charge in [0.05, 0.1) is 18.8 Å². The predicted octanol–water partition coefficient (Wildman–Crippen LogP) is -4.40. The molecule has 0 aromatic heterocycles. The molecule has 2 heterocycles. The number of rotatable bonds is 6. The standard InChI is InChI=1S/C27H32O16/c28-7-12-16(32)19(35)21(37)23(42-12)15-18(34)14(11(31)6-3-9-1-4-10(30)5-2-9)24(39)27(41,25(15)40)26-22(38)20(36)17(33)13(8-29)43-26/h1-6,12-13,16-17,19-23,26,28-38,41H,7-8H2/t12-,13-,16+,17+,19+,20+,21-,22-,23+,26-,27+/m0/s1. The summed E-state index contributed by atoms with van der Waals surface area (Å²) in [5.41, 5.74) is -5.62. The summed E-state index contributed by atoms with van der Waals surface area (Å²) in [5, 5.41) is 125. The van der Waals surface area contributed by atoms with E-state index in [9.17, 15) is 70.9 Å². The summed E-state index contributed by atoms with van der Waals surface area (Å²) in [7, 11) is 0. The van der Waals surface area contributed by atoms with Crippen LogP contribution in [-0.2, 0) is 19.1 Å². The van der Waals surface area contributed by atoms with Crippen LogP contribution in [0.1, 0.15) is 5.56 Å². The third-order valence-electron chi connectivity index (χ3n) is 7.72. The second-order valence-electron chi connectivity index (χ2n) is 10.4. The van der Waals surface area contributed by atoms with Crippen LogP contribution in [0.5, 0.6) is 5.75 Å². The average Bonchev–Trinajstić information content (AvgIpc) is 2.98. The fraction of sp³-hybridized carbons (Fsp3) is 0.481. The van der Waals surface area contributed by atoms with Crippen molar-refractivity contribution in [3.63, 3.8) is 0 Å². The Bertz CT molecular complexity index is 1320. The highest BCUT2D eigenvalue weighted by Crippen LogP contribution is 2.42. The molecule has 16 nitrogen and oxygen atoms in total. The summed E-state index contributed by atoms with van der Waals surface area (Å²) >= 11 is 0. The largest absolute Gasteiger partial charge is 0.508 e. The second-order valence-corrected chi connectivity index (χ2v) is 10.4. The van der Waals surface area contributed by atoms with E-state index in [4.69, 9.17) is 9.47 Å². The van der Waals surface area contributed by atoms with Gasteiger partial charge in [-0.1, -0.05) is 18.2 Å². The summed E-state index contributed by atoms with van der Waals surface area (Å²) < 4.78 is 10.6. The highest BCUT2D eigenvalue weighted by molar-refractivity contribution is 6.28. The summed E-state index contributed by atoms with van der Waals surface area (Å²) in [6, 6.07) is 5.38. The topological polar surface area (TPSA) is 295 Å². The lowest BCUT2D eigenvalue weighted by Gasteiger charge is -2.48. The highest BCUT2D eigenvalue weighted by Gasteiger charge is 2.65. The molecule has 0 unspecified atom stereocenters. The van der Waals surface area contributed by atoms with Crippen molar-refractivity contribution >= 4 is 17.6 Å². The molecule has 0 bridgehead atoms. The minimum atomic E-state index is -3.63. The molecule has 0 amide bonds. The van der Waals surface area contributed by atoms with Crippen LogP contribution < -0.4 is 0 Å². The molecule has 12 N–H and O–H groups in total. The number of Topliss-reactive ketones (excluding diaryl/α,β-unsaturated/α-hetero) is 2. The molecule has 1 aliphatic carbocycles. The van der Waals surface area contributed by atoms with Gasteiger partial charge in [-0.3, -0.25) is 9.59 Å². The zero-order valence-electron chi connectivity index (χ0n) is 22.2. The van der Waals surface area contributed by atoms with E-state index in [1.54, 1.807) is 0 Å². The Hall–Kier alpha value is -3.26. The van der Waals surface area contributed by atoms with Gasteiger partial charge >= 0.3 is 0 Å². The minimum absolute atomic E-state index is 0.0879. The molecule has 11 atom stereocenters. The van der Waals surface area contributed by atoms with Crippen molar-refractivity contribution in [2.24, 2.45) is 0 Å². The third-order valence-corrected chi connectivity index (χ3v) is 7.72. The number of aliphatic hydroxyl groups is 11. The van der Waals surface area contributed by atoms with Gasteiger partial charge in [0.25, 0.3) is 0 Å². The van der Waals surface area contributed by atoms with Gasteiger partial charge in [0.15, 0.2) is 0 Å². The van der Waals surface area contributed by atoms with E-state index in [0.29, 0.717) is 5.56 Å². The van der Waals surface area contributed by atoms with Crippen molar-refractivity contribution in [2.75, 3.05) is 13.2 Å². The van der Waals surface area contributed by atoms with Crippen LogP contribution in [0.4, 0.5) is 0 Å². The highest BCUT2D eigenvalue weighted by atomic mass is 16.6. The molecule has 1 aromatic rings. The van der Waals surface area contributed by atoms with E-state index < -0.39 is 114 Å². The first-order chi connectivity index (χ1) is 20.2. The second kappa shape index (κ2) is 12.4. The first-order valence-corrected chi connectivity index (χ1v) is 13.0. The van der Waals surface area contributed by atoms with Crippen LogP contribution >= 0.6 is 0 Å². The van der Waals surface area contributed by atoms with Crippen molar-refractivity contribution in [2.45, 2.75) is 66.6 Å². The molecule has 2 saturated heterocycles. The Balaban J connectivity index is 1.92. The molecule has 2 aliphatic heterocycles. The molecule has 3 aliphatic rings. The Morgan fingerprint density at radius 3 is 1.86 bits per heavy atom. The predicted molar refractivity (Wildman–Crippen MR) is 139 cm³/mol. The van der Waals surface area contributed by atoms with Crippen molar-refractivity contribution in [1.82, 2.24) is 0 Å². The molecule has 0 spiro atoms. The Morgan fingerprint density at radius 1 is 0.767 bits per heavy atom.